The summed E-state index contributed by atoms with van der Waals surface area (Å²) in [4.78, 5) is 26.4. The fourth-order valence-corrected chi connectivity index (χ4v) is 8.97. The molecule has 7 rings (SSSR count). The Balaban J connectivity index is 1.25. The third-order valence-electron chi connectivity index (χ3n) is 8.92. The lowest BCUT2D eigenvalue weighted by atomic mass is 9.49. The molecule has 0 spiro atoms. The molecular formula is C29H37N7O2S2. The van der Waals surface area contributed by atoms with Crippen LogP contribution in [0.4, 0.5) is 5.13 Å². The van der Waals surface area contributed by atoms with Crippen molar-refractivity contribution in [1.29, 1.82) is 0 Å². The molecule has 9 nitrogen and oxygen atoms in total. The van der Waals surface area contributed by atoms with Gasteiger partial charge in [0.2, 0.25) is 16.9 Å². The van der Waals surface area contributed by atoms with Gasteiger partial charge in [-0.1, -0.05) is 55.1 Å². The van der Waals surface area contributed by atoms with Crippen molar-refractivity contribution in [3.63, 3.8) is 0 Å². The Bertz CT molecular complexity index is 1360. The molecule has 4 aliphatic rings. The molecule has 0 saturated heterocycles. The van der Waals surface area contributed by atoms with Gasteiger partial charge >= 0.3 is 0 Å². The summed E-state index contributed by atoms with van der Waals surface area (Å²) in [6, 6.07) is 6.35. The molecular weight excluding hydrogens is 543 g/mol. The average Bonchev–Trinajstić information content (AvgIpc) is 3.54. The summed E-state index contributed by atoms with van der Waals surface area (Å²) in [6.07, 6.45) is 8.70. The second-order valence-electron chi connectivity index (χ2n) is 11.7. The quantitative estimate of drug-likeness (QED) is 0.321. The van der Waals surface area contributed by atoms with Crippen LogP contribution in [0.15, 0.2) is 23.4 Å². The van der Waals surface area contributed by atoms with Gasteiger partial charge in [-0.15, -0.1) is 20.4 Å². The van der Waals surface area contributed by atoms with Crippen LogP contribution in [0.3, 0.4) is 0 Å². The summed E-state index contributed by atoms with van der Waals surface area (Å²) in [7, 11) is 0. The van der Waals surface area contributed by atoms with Gasteiger partial charge < -0.3 is 5.32 Å². The van der Waals surface area contributed by atoms with E-state index in [9.17, 15) is 9.59 Å². The van der Waals surface area contributed by atoms with Crippen molar-refractivity contribution in [2.75, 3.05) is 11.1 Å². The zero-order chi connectivity index (χ0) is 27.9. The van der Waals surface area contributed by atoms with Gasteiger partial charge in [0, 0.05) is 5.41 Å². The molecule has 2 amide bonds. The SMILES string of the molecule is CCc1cccc(CC)c1-n1c(CNC(=O)C23CC4CC(CC(C4)C2)C3)nnc1SCC(=O)Nc1nnc(C)s1. The van der Waals surface area contributed by atoms with Crippen LogP contribution < -0.4 is 10.6 Å². The van der Waals surface area contributed by atoms with Crippen LogP contribution in [-0.2, 0) is 29.0 Å². The lowest BCUT2D eigenvalue weighted by molar-refractivity contribution is -0.146. The average molecular weight is 580 g/mol. The Morgan fingerprint density at radius 3 is 2.23 bits per heavy atom. The topological polar surface area (TPSA) is 115 Å². The first-order valence-electron chi connectivity index (χ1n) is 14.4. The van der Waals surface area contributed by atoms with Gasteiger partial charge in [-0.3, -0.25) is 19.5 Å². The van der Waals surface area contributed by atoms with Gasteiger partial charge in [-0.2, -0.15) is 0 Å². The van der Waals surface area contributed by atoms with Gasteiger partial charge in [-0.25, -0.2) is 0 Å². The number of nitrogens with one attached hydrogen (secondary N) is 2. The van der Waals surface area contributed by atoms with E-state index in [2.05, 4.69) is 67.6 Å². The second kappa shape index (κ2) is 11.2. The standard InChI is InChI=1S/C29H37N7O2S2/c1-4-21-7-6-8-22(5-2)25(21)36-23(33-35-28(36)39-16-24(37)31-27-34-32-17(3)40-27)15-30-26(38)29-12-18-9-19(13-29)11-20(10-18)14-29/h6-8,18-20H,4-5,9-16H2,1-3H3,(H,30,38)(H,31,34,37). The van der Waals surface area contributed by atoms with Crippen LogP contribution in [0.5, 0.6) is 0 Å². The fourth-order valence-electron chi connectivity index (χ4n) is 7.60. The normalized spacial score (nSPS) is 24.8. The molecule has 0 atom stereocenters. The number of nitrogens with zero attached hydrogens (tertiary/aromatic N) is 5. The molecule has 40 heavy (non-hydrogen) atoms. The fraction of sp³-hybridized carbons (Fsp3) is 0.586. The monoisotopic (exact) mass is 579 g/mol. The molecule has 3 aromatic rings. The molecule has 11 heteroatoms. The number of carbonyl (C=O) groups excluding carboxylic acids is 2. The summed E-state index contributed by atoms with van der Waals surface area (Å²) in [6.45, 7) is 6.44. The number of anilines is 1. The summed E-state index contributed by atoms with van der Waals surface area (Å²) in [5, 5.41) is 25.0. The molecule has 4 bridgehead atoms. The maximum absolute atomic E-state index is 13.7. The molecule has 2 N–H and O–H groups in total. The van der Waals surface area contributed by atoms with Crippen molar-refractivity contribution in [3.8, 4) is 5.69 Å². The number of thioether (sulfide) groups is 1. The maximum atomic E-state index is 13.7. The first-order chi connectivity index (χ1) is 19.4. The molecule has 0 aliphatic heterocycles. The van der Waals surface area contributed by atoms with Crippen molar-refractivity contribution in [1.82, 2.24) is 30.3 Å². The Labute approximate surface area is 243 Å². The first kappa shape index (κ1) is 27.4. The Morgan fingerprint density at radius 2 is 1.65 bits per heavy atom. The minimum Gasteiger partial charge on any atom is -0.348 e. The van der Waals surface area contributed by atoms with Crippen LogP contribution in [0.25, 0.3) is 5.69 Å². The van der Waals surface area contributed by atoms with Crippen LogP contribution >= 0.6 is 23.1 Å². The predicted octanol–water partition coefficient (Wildman–Crippen LogP) is 5.12. The maximum Gasteiger partial charge on any atom is 0.236 e. The highest BCUT2D eigenvalue weighted by Crippen LogP contribution is 2.60. The second-order valence-corrected chi connectivity index (χ2v) is 13.8. The van der Waals surface area contributed by atoms with Crippen LogP contribution in [-0.4, -0.2) is 42.5 Å². The van der Waals surface area contributed by atoms with E-state index < -0.39 is 0 Å². The van der Waals surface area contributed by atoms with Crippen molar-refractivity contribution < 1.29 is 9.59 Å². The largest absolute Gasteiger partial charge is 0.348 e. The van der Waals surface area contributed by atoms with E-state index in [1.54, 1.807) is 0 Å². The number of carbonyl (C=O) groups is 2. The van der Waals surface area contributed by atoms with E-state index in [4.69, 9.17) is 0 Å². The van der Waals surface area contributed by atoms with E-state index >= 15 is 0 Å². The highest BCUT2D eigenvalue weighted by Gasteiger charge is 2.54. The zero-order valence-electron chi connectivity index (χ0n) is 23.4. The molecule has 0 unspecified atom stereocenters. The lowest BCUT2D eigenvalue weighted by Crippen LogP contribution is -2.53. The first-order valence-corrected chi connectivity index (χ1v) is 16.2. The highest BCUT2D eigenvalue weighted by molar-refractivity contribution is 7.99. The van der Waals surface area contributed by atoms with Crippen molar-refractivity contribution in [2.45, 2.75) is 83.8 Å². The van der Waals surface area contributed by atoms with Crippen LogP contribution in [0, 0.1) is 30.1 Å². The molecule has 212 valence electrons. The summed E-state index contributed by atoms with van der Waals surface area (Å²) in [5.41, 5.74) is 3.21. The molecule has 2 aromatic heterocycles. The van der Waals surface area contributed by atoms with Crippen molar-refractivity contribution in [3.05, 3.63) is 40.2 Å². The van der Waals surface area contributed by atoms with E-state index in [0.717, 1.165) is 42.8 Å². The molecule has 4 aliphatic carbocycles. The van der Waals surface area contributed by atoms with Crippen LogP contribution in [0.2, 0.25) is 0 Å². The predicted molar refractivity (Wildman–Crippen MR) is 157 cm³/mol. The van der Waals surface area contributed by atoms with Crippen LogP contribution in [0.1, 0.15) is 74.3 Å². The summed E-state index contributed by atoms with van der Waals surface area (Å²) in [5.74, 6) is 2.99. The third kappa shape index (κ3) is 5.30. The number of benzene rings is 1. The molecule has 2 heterocycles. The van der Waals surface area contributed by atoms with Crippen molar-refractivity contribution in [2.24, 2.45) is 23.2 Å². The number of aromatic nitrogens is 5. The van der Waals surface area contributed by atoms with Gasteiger partial charge in [-0.05, 0) is 87.2 Å². The number of hydrogen-bond donors (Lipinski definition) is 2. The third-order valence-corrected chi connectivity index (χ3v) is 10.6. The molecule has 4 saturated carbocycles. The minimum absolute atomic E-state index is 0.159. The highest BCUT2D eigenvalue weighted by atomic mass is 32.2. The van der Waals surface area contributed by atoms with E-state index in [-0.39, 0.29) is 23.0 Å². The van der Waals surface area contributed by atoms with E-state index in [1.165, 1.54) is 53.5 Å². The molecule has 0 radical (unpaired) electrons. The Morgan fingerprint density at radius 1 is 1.00 bits per heavy atom. The van der Waals surface area contributed by atoms with Crippen molar-refractivity contribution >= 4 is 40.0 Å². The number of rotatable bonds is 10. The van der Waals surface area contributed by atoms with E-state index in [0.29, 0.717) is 40.4 Å². The number of amides is 2. The Hall–Kier alpha value is -2.79. The summed E-state index contributed by atoms with van der Waals surface area (Å²) >= 11 is 2.68. The number of aryl methyl sites for hydroxylation is 3. The minimum atomic E-state index is -0.214. The van der Waals surface area contributed by atoms with Gasteiger partial charge in [0.25, 0.3) is 0 Å². The lowest BCUT2D eigenvalue weighted by Gasteiger charge is -2.55. The van der Waals surface area contributed by atoms with Gasteiger partial charge in [0.15, 0.2) is 11.0 Å². The van der Waals surface area contributed by atoms with Gasteiger partial charge in [0.1, 0.15) is 5.01 Å². The number of hydrogen-bond acceptors (Lipinski definition) is 8. The molecule has 1 aromatic carbocycles. The van der Waals surface area contributed by atoms with E-state index in [1.807, 2.05) is 6.92 Å². The summed E-state index contributed by atoms with van der Waals surface area (Å²) < 4.78 is 2.06. The molecule has 4 fully saturated rings. The number of para-hydroxylation sites is 1. The smallest absolute Gasteiger partial charge is 0.236 e. The van der Waals surface area contributed by atoms with Gasteiger partial charge in [0.05, 0.1) is 18.0 Å². The zero-order valence-corrected chi connectivity index (χ0v) is 25.0. The Kier molecular flexibility index (Phi) is 7.69.